The predicted molar refractivity (Wildman–Crippen MR) is 98.6 cm³/mol. The maximum atomic E-state index is 12.6. The van der Waals surface area contributed by atoms with Crippen LogP contribution in [0.25, 0.3) is 5.57 Å². The number of aromatic nitrogens is 2. The van der Waals surface area contributed by atoms with Gasteiger partial charge in [0, 0.05) is 51.7 Å². The van der Waals surface area contributed by atoms with Crippen LogP contribution < -0.4 is 9.64 Å². The van der Waals surface area contributed by atoms with Crippen LogP contribution in [-0.2, 0) is 11.8 Å². The highest BCUT2D eigenvalue weighted by Crippen LogP contribution is 2.20. The molecule has 1 fully saturated rings. The topological polar surface area (TPSA) is 50.6 Å². The lowest BCUT2D eigenvalue weighted by molar-refractivity contribution is -0.126. The minimum Gasteiger partial charge on any atom is -0.497 e. The molecule has 2 aromatic rings. The number of benzene rings is 1. The van der Waals surface area contributed by atoms with Crippen molar-refractivity contribution >= 4 is 17.4 Å². The highest BCUT2D eigenvalue weighted by atomic mass is 16.5. The van der Waals surface area contributed by atoms with Crippen LogP contribution in [0.15, 0.2) is 42.7 Å². The molecule has 0 saturated carbocycles. The molecule has 0 N–H and O–H groups in total. The SMILES string of the molecule is COc1cccc(/C(C)=C/C(=O)N2CCN(c3nccn3C)CC2)c1. The van der Waals surface area contributed by atoms with E-state index in [1.54, 1.807) is 19.4 Å². The quantitative estimate of drug-likeness (QED) is 0.801. The molecule has 1 aromatic carbocycles. The van der Waals surface area contributed by atoms with Gasteiger partial charge >= 0.3 is 0 Å². The second-order valence-corrected chi connectivity index (χ2v) is 6.21. The van der Waals surface area contributed by atoms with Crippen molar-refractivity contribution in [3.05, 3.63) is 48.3 Å². The molecule has 1 aliphatic rings. The number of imidazole rings is 1. The number of anilines is 1. The zero-order valence-corrected chi connectivity index (χ0v) is 15.0. The van der Waals surface area contributed by atoms with Crippen molar-refractivity contribution in [1.82, 2.24) is 14.5 Å². The Bertz CT molecular complexity index is 773. The van der Waals surface area contributed by atoms with Crippen molar-refractivity contribution in [1.29, 1.82) is 0 Å². The molecule has 0 radical (unpaired) electrons. The van der Waals surface area contributed by atoms with Crippen LogP contribution in [0.3, 0.4) is 0 Å². The summed E-state index contributed by atoms with van der Waals surface area (Å²) in [5.41, 5.74) is 1.94. The van der Waals surface area contributed by atoms with E-state index >= 15 is 0 Å². The first-order valence-corrected chi connectivity index (χ1v) is 8.42. The van der Waals surface area contributed by atoms with Gasteiger partial charge in [-0.3, -0.25) is 4.79 Å². The Hall–Kier alpha value is -2.76. The van der Waals surface area contributed by atoms with Crippen molar-refractivity contribution in [2.45, 2.75) is 6.92 Å². The lowest BCUT2D eigenvalue weighted by Crippen LogP contribution is -2.49. The summed E-state index contributed by atoms with van der Waals surface area (Å²) in [7, 11) is 3.63. The largest absolute Gasteiger partial charge is 0.497 e. The lowest BCUT2D eigenvalue weighted by atomic mass is 10.1. The zero-order valence-electron chi connectivity index (χ0n) is 15.0. The van der Waals surface area contributed by atoms with Gasteiger partial charge in [0.2, 0.25) is 11.9 Å². The van der Waals surface area contributed by atoms with Gasteiger partial charge in [0.25, 0.3) is 0 Å². The molecular formula is C19H24N4O2. The molecule has 0 spiro atoms. The fourth-order valence-electron chi connectivity index (χ4n) is 3.02. The van der Waals surface area contributed by atoms with E-state index in [1.807, 2.05) is 53.9 Å². The molecule has 0 aliphatic carbocycles. The minimum absolute atomic E-state index is 0.0554. The molecule has 1 aliphatic heterocycles. The third-order valence-corrected chi connectivity index (χ3v) is 4.53. The van der Waals surface area contributed by atoms with Gasteiger partial charge < -0.3 is 19.1 Å². The third kappa shape index (κ3) is 3.84. The highest BCUT2D eigenvalue weighted by molar-refractivity contribution is 5.95. The Labute approximate surface area is 148 Å². The monoisotopic (exact) mass is 340 g/mol. The molecule has 132 valence electrons. The van der Waals surface area contributed by atoms with Crippen LogP contribution in [0.2, 0.25) is 0 Å². The third-order valence-electron chi connectivity index (χ3n) is 4.53. The summed E-state index contributed by atoms with van der Waals surface area (Å²) < 4.78 is 7.25. The molecule has 3 rings (SSSR count). The summed E-state index contributed by atoms with van der Waals surface area (Å²) in [6.07, 6.45) is 5.45. The second-order valence-electron chi connectivity index (χ2n) is 6.21. The van der Waals surface area contributed by atoms with Crippen molar-refractivity contribution < 1.29 is 9.53 Å². The van der Waals surface area contributed by atoms with Crippen molar-refractivity contribution in [3.63, 3.8) is 0 Å². The predicted octanol–water partition coefficient (Wildman–Crippen LogP) is 2.18. The Balaban J connectivity index is 1.63. The van der Waals surface area contributed by atoms with Crippen LogP contribution in [0.4, 0.5) is 5.95 Å². The zero-order chi connectivity index (χ0) is 17.8. The summed E-state index contributed by atoms with van der Waals surface area (Å²) in [5.74, 6) is 1.80. The Morgan fingerprint density at radius 2 is 2.00 bits per heavy atom. The molecule has 25 heavy (non-hydrogen) atoms. The van der Waals surface area contributed by atoms with E-state index < -0.39 is 0 Å². The van der Waals surface area contributed by atoms with Gasteiger partial charge in [-0.05, 0) is 30.2 Å². The van der Waals surface area contributed by atoms with Crippen LogP contribution >= 0.6 is 0 Å². The van der Waals surface area contributed by atoms with E-state index in [4.69, 9.17) is 4.74 Å². The highest BCUT2D eigenvalue weighted by Gasteiger charge is 2.22. The number of carbonyl (C=O) groups is 1. The van der Waals surface area contributed by atoms with E-state index in [0.717, 1.165) is 35.9 Å². The molecular weight excluding hydrogens is 316 g/mol. The standard InChI is InChI=1S/C19H24N4O2/c1-15(16-5-4-6-17(14-16)25-3)13-18(24)22-9-11-23(12-10-22)19-20-7-8-21(19)2/h4-8,13-14H,9-12H2,1-3H3/b15-13+. The van der Waals surface area contributed by atoms with E-state index in [-0.39, 0.29) is 5.91 Å². The van der Waals surface area contributed by atoms with Gasteiger partial charge in [0.05, 0.1) is 7.11 Å². The summed E-state index contributed by atoms with van der Waals surface area (Å²) in [6, 6.07) is 7.76. The molecule has 0 atom stereocenters. The van der Waals surface area contributed by atoms with Gasteiger partial charge in [-0.2, -0.15) is 0 Å². The number of methoxy groups -OCH3 is 1. The second kappa shape index (κ2) is 7.42. The first kappa shape index (κ1) is 17.1. The first-order valence-electron chi connectivity index (χ1n) is 8.42. The van der Waals surface area contributed by atoms with E-state index in [9.17, 15) is 4.79 Å². The summed E-state index contributed by atoms with van der Waals surface area (Å²) in [5, 5.41) is 0. The summed E-state index contributed by atoms with van der Waals surface area (Å²) in [6.45, 7) is 4.95. The number of allylic oxidation sites excluding steroid dienone is 1. The molecule has 1 amide bonds. The van der Waals surface area contributed by atoms with Gasteiger partial charge in [-0.1, -0.05) is 12.1 Å². The number of amides is 1. The number of hydrogen-bond acceptors (Lipinski definition) is 4. The fraction of sp³-hybridized carbons (Fsp3) is 0.368. The molecule has 0 unspecified atom stereocenters. The normalized spacial score (nSPS) is 15.4. The maximum Gasteiger partial charge on any atom is 0.246 e. The summed E-state index contributed by atoms with van der Waals surface area (Å²) >= 11 is 0. The van der Waals surface area contributed by atoms with Crippen molar-refractivity contribution in [2.24, 2.45) is 7.05 Å². The Morgan fingerprint density at radius 1 is 1.24 bits per heavy atom. The molecule has 1 saturated heterocycles. The average molecular weight is 340 g/mol. The van der Waals surface area contributed by atoms with Crippen molar-refractivity contribution in [2.75, 3.05) is 38.2 Å². The van der Waals surface area contributed by atoms with Gasteiger partial charge in [0.15, 0.2) is 0 Å². The van der Waals surface area contributed by atoms with Crippen LogP contribution in [-0.4, -0.2) is 53.6 Å². The number of piperazine rings is 1. The van der Waals surface area contributed by atoms with Crippen LogP contribution in [0.1, 0.15) is 12.5 Å². The molecule has 6 nitrogen and oxygen atoms in total. The number of rotatable bonds is 4. The minimum atomic E-state index is 0.0554. The molecule has 0 bridgehead atoms. The smallest absolute Gasteiger partial charge is 0.246 e. The Kier molecular flexibility index (Phi) is 5.07. The number of ether oxygens (including phenoxy) is 1. The first-order chi connectivity index (χ1) is 12.1. The van der Waals surface area contributed by atoms with Crippen LogP contribution in [0.5, 0.6) is 5.75 Å². The number of carbonyl (C=O) groups excluding carboxylic acids is 1. The average Bonchev–Trinajstić information content (AvgIpc) is 3.07. The fourth-order valence-corrected chi connectivity index (χ4v) is 3.02. The van der Waals surface area contributed by atoms with Crippen LogP contribution in [0, 0.1) is 0 Å². The lowest BCUT2D eigenvalue weighted by Gasteiger charge is -2.34. The number of aryl methyl sites for hydroxylation is 1. The van der Waals surface area contributed by atoms with E-state index in [1.165, 1.54) is 0 Å². The molecule has 1 aromatic heterocycles. The van der Waals surface area contributed by atoms with Crippen molar-refractivity contribution in [3.8, 4) is 5.75 Å². The number of hydrogen-bond donors (Lipinski definition) is 0. The van der Waals surface area contributed by atoms with Gasteiger partial charge in [0.1, 0.15) is 5.75 Å². The van der Waals surface area contributed by atoms with Gasteiger partial charge in [-0.15, -0.1) is 0 Å². The summed E-state index contributed by atoms with van der Waals surface area (Å²) in [4.78, 5) is 21.1. The Morgan fingerprint density at radius 3 is 2.64 bits per heavy atom. The van der Waals surface area contributed by atoms with Gasteiger partial charge in [-0.25, -0.2) is 4.98 Å². The van der Waals surface area contributed by atoms with E-state index in [2.05, 4.69) is 9.88 Å². The number of nitrogens with zero attached hydrogens (tertiary/aromatic N) is 4. The molecule has 6 heteroatoms. The van der Waals surface area contributed by atoms with E-state index in [0.29, 0.717) is 13.1 Å². The molecule has 2 heterocycles. The maximum absolute atomic E-state index is 12.6.